The second-order valence-electron chi connectivity index (χ2n) is 9.79. The molecule has 43 heavy (non-hydrogen) atoms. The molecule has 2 aromatic carbocycles. The topological polar surface area (TPSA) is 159 Å². The number of piperazine rings is 1. The molecule has 3 heterocycles. The van der Waals surface area contributed by atoms with Gasteiger partial charge in [0.15, 0.2) is 0 Å². The minimum atomic E-state index is -4.00. The monoisotopic (exact) mass is 649 g/mol. The van der Waals surface area contributed by atoms with E-state index in [1.54, 1.807) is 61.6 Å². The highest BCUT2D eigenvalue weighted by molar-refractivity contribution is 7.89. The lowest BCUT2D eigenvalue weighted by atomic mass is 10.1. The third kappa shape index (κ3) is 8.75. The molecule has 1 unspecified atom stereocenters. The van der Waals surface area contributed by atoms with Crippen LogP contribution < -0.4 is 25.9 Å². The standard InChI is InChI=1S/C25H27N5O4S2.C3H8N2O.ClH/c1-34-18-4-2-16-3-5-20(13-17(16)12-18)36(32,33)29-22(25(31)30-10-8-27-9-11-30)15-19-14-21-23(35-19)6-7-28-24(21)26;1-5(2)4-3-6;/h2-7,12-14,22,27,29H,8-11,15H2,1H3,(H2,26,28);3H,1-2H3,(H,4,6);1H. The predicted octanol–water partition coefficient (Wildman–Crippen LogP) is 1.99. The summed E-state index contributed by atoms with van der Waals surface area (Å²) in [5, 5.41) is 7.21. The zero-order valence-electron chi connectivity index (χ0n) is 24.1. The number of rotatable bonds is 9. The first kappa shape index (κ1) is 34.0. The average molecular weight is 650 g/mol. The van der Waals surface area contributed by atoms with Gasteiger partial charge in [-0.1, -0.05) is 12.1 Å². The number of hydrazine groups is 1. The van der Waals surface area contributed by atoms with Crippen LogP contribution in [0.15, 0.2) is 59.6 Å². The number of thiophene rings is 1. The highest BCUT2D eigenvalue weighted by atomic mass is 35.5. The van der Waals surface area contributed by atoms with Gasteiger partial charge in [-0.2, -0.15) is 4.72 Å². The molecular weight excluding hydrogens is 614 g/mol. The molecular formula is C28H36ClN7O5S2. The first-order chi connectivity index (χ1) is 20.1. The predicted molar refractivity (Wildman–Crippen MR) is 172 cm³/mol. The smallest absolute Gasteiger partial charge is 0.241 e. The molecule has 0 saturated carbocycles. The summed E-state index contributed by atoms with van der Waals surface area (Å²) >= 11 is 1.48. The maximum absolute atomic E-state index is 13.5. The SMILES string of the molecule is CN(C)NC=O.COc1ccc2ccc(S(=O)(=O)NC(Cc3cc4c(N)nccc4s3)C(=O)N3CCNCC3)cc2c1.Cl. The van der Waals surface area contributed by atoms with Crippen LogP contribution in [-0.2, 0) is 26.0 Å². The van der Waals surface area contributed by atoms with E-state index in [0.29, 0.717) is 44.2 Å². The van der Waals surface area contributed by atoms with Crippen LogP contribution in [0.2, 0.25) is 0 Å². The summed E-state index contributed by atoms with van der Waals surface area (Å²) in [5.74, 6) is 0.800. The number of ether oxygens (including phenoxy) is 1. The van der Waals surface area contributed by atoms with Gasteiger partial charge in [-0.05, 0) is 47.2 Å². The number of nitrogen functional groups attached to an aromatic ring is 1. The Morgan fingerprint density at radius 1 is 1.16 bits per heavy atom. The van der Waals surface area contributed by atoms with Crippen molar-refractivity contribution in [3.05, 3.63) is 59.6 Å². The first-order valence-corrected chi connectivity index (χ1v) is 15.5. The van der Waals surface area contributed by atoms with Gasteiger partial charge in [0.05, 0.1) is 12.0 Å². The summed E-state index contributed by atoms with van der Waals surface area (Å²) in [6, 6.07) is 13.2. The fraction of sp³-hybridized carbons (Fsp3) is 0.321. The van der Waals surface area contributed by atoms with Crippen molar-refractivity contribution in [2.75, 3.05) is 53.1 Å². The third-order valence-electron chi connectivity index (χ3n) is 6.60. The van der Waals surface area contributed by atoms with Crippen molar-refractivity contribution in [2.24, 2.45) is 0 Å². The number of nitrogens with two attached hydrogens (primary N) is 1. The van der Waals surface area contributed by atoms with Crippen LogP contribution in [0.25, 0.3) is 20.9 Å². The Balaban J connectivity index is 0.000000658. The Hall–Kier alpha value is -3.53. The summed E-state index contributed by atoms with van der Waals surface area (Å²) in [6.45, 7) is 2.39. The van der Waals surface area contributed by atoms with Crippen molar-refractivity contribution in [1.82, 2.24) is 30.4 Å². The number of hydrogen-bond acceptors (Lipinski definition) is 10. The van der Waals surface area contributed by atoms with E-state index < -0.39 is 16.1 Å². The number of hydrogen-bond donors (Lipinski definition) is 4. The highest BCUT2D eigenvalue weighted by Crippen LogP contribution is 2.30. The van der Waals surface area contributed by atoms with E-state index in [2.05, 4.69) is 20.4 Å². The molecule has 0 bridgehead atoms. The number of nitrogens with one attached hydrogen (secondary N) is 3. The van der Waals surface area contributed by atoms with E-state index in [9.17, 15) is 18.0 Å². The van der Waals surface area contributed by atoms with Gasteiger partial charge >= 0.3 is 0 Å². The van der Waals surface area contributed by atoms with Gasteiger partial charge in [-0.3, -0.25) is 15.0 Å². The number of benzene rings is 2. The molecule has 4 aromatic rings. The van der Waals surface area contributed by atoms with Crippen molar-refractivity contribution in [3.63, 3.8) is 0 Å². The number of methoxy groups -OCH3 is 1. The molecule has 1 aliphatic heterocycles. The van der Waals surface area contributed by atoms with E-state index in [1.165, 1.54) is 11.3 Å². The van der Waals surface area contributed by atoms with Crippen molar-refractivity contribution >= 4 is 72.8 Å². The first-order valence-electron chi connectivity index (χ1n) is 13.2. The lowest BCUT2D eigenvalue weighted by molar-refractivity contribution is -0.133. The molecule has 0 spiro atoms. The summed E-state index contributed by atoms with van der Waals surface area (Å²) in [6.07, 6.45) is 2.47. The quantitative estimate of drug-likeness (QED) is 0.157. The fourth-order valence-corrected chi connectivity index (χ4v) is 6.82. The molecule has 2 amide bonds. The van der Waals surface area contributed by atoms with Crippen molar-refractivity contribution in [2.45, 2.75) is 17.4 Å². The van der Waals surface area contributed by atoms with Crippen molar-refractivity contribution in [1.29, 1.82) is 0 Å². The molecule has 0 radical (unpaired) electrons. The Bertz CT molecular complexity index is 1660. The highest BCUT2D eigenvalue weighted by Gasteiger charge is 2.31. The number of nitrogens with zero attached hydrogens (tertiary/aromatic N) is 3. The van der Waals surface area contributed by atoms with Gasteiger partial charge in [-0.15, -0.1) is 23.7 Å². The number of anilines is 1. The Labute approximate surface area is 261 Å². The molecule has 1 atom stereocenters. The number of carbonyl (C=O) groups is 2. The van der Waals surface area contributed by atoms with Crippen LogP contribution in [0.5, 0.6) is 5.75 Å². The van der Waals surface area contributed by atoms with Crippen LogP contribution in [0.4, 0.5) is 5.82 Å². The van der Waals surface area contributed by atoms with Gasteiger partial charge in [-0.25, -0.2) is 18.4 Å². The summed E-state index contributed by atoms with van der Waals surface area (Å²) in [5.41, 5.74) is 8.38. The Kier molecular flexibility index (Phi) is 12.1. The molecule has 5 rings (SSSR count). The average Bonchev–Trinajstić information content (AvgIpc) is 3.40. The fourth-order valence-electron chi connectivity index (χ4n) is 4.48. The maximum atomic E-state index is 13.5. The summed E-state index contributed by atoms with van der Waals surface area (Å²) in [7, 11) is 1.05. The van der Waals surface area contributed by atoms with E-state index in [1.807, 2.05) is 24.3 Å². The number of halogens is 1. The molecule has 12 nitrogen and oxygen atoms in total. The zero-order valence-corrected chi connectivity index (χ0v) is 26.5. The Morgan fingerprint density at radius 3 is 2.51 bits per heavy atom. The van der Waals surface area contributed by atoms with Crippen molar-refractivity contribution in [3.8, 4) is 5.75 Å². The Morgan fingerprint density at radius 2 is 1.88 bits per heavy atom. The van der Waals surface area contributed by atoms with Gasteiger partial charge in [0.2, 0.25) is 22.3 Å². The van der Waals surface area contributed by atoms with Gasteiger partial charge in [0.1, 0.15) is 17.6 Å². The number of sulfonamides is 1. The number of amides is 2. The molecule has 1 saturated heterocycles. The van der Waals surface area contributed by atoms with Crippen LogP contribution in [0.3, 0.4) is 0 Å². The van der Waals surface area contributed by atoms with E-state index in [0.717, 1.165) is 25.7 Å². The van der Waals surface area contributed by atoms with Crippen LogP contribution in [-0.4, -0.2) is 89.1 Å². The second-order valence-corrected chi connectivity index (χ2v) is 12.7. The largest absolute Gasteiger partial charge is 0.497 e. The van der Waals surface area contributed by atoms with E-state index >= 15 is 0 Å². The van der Waals surface area contributed by atoms with Gasteiger partial charge < -0.3 is 20.7 Å². The normalized spacial score (nSPS) is 14.0. The number of carbonyl (C=O) groups excluding carboxylic acids is 2. The van der Waals surface area contributed by atoms with Crippen molar-refractivity contribution < 1.29 is 22.7 Å². The molecule has 1 fully saturated rings. The number of aromatic nitrogens is 1. The number of pyridine rings is 1. The maximum Gasteiger partial charge on any atom is 0.241 e. The van der Waals surface area contributed by atoms with Crippen LogP contribution in [0, 0.1) is 0 Å². The molecule has 0 aliphatic carbocycles. The molecule has 2 aromatic heterocycles. The zero-order chi connectivity index (χ0) is 30.3. The third-order valence-corrected chi connectivity index (χ3v) is 9.19. The molecule has 5 N–H and O–H groups in total. The van der Waals surface area contributed by atoms with E-state index in [-0.39, 0.29) is 29.6 Å². The molecule has 232 valence electrons. The van der Waals surface area contributed by atoms with Crippen LogP contribution in [0.1, 0.15) is 4.88 Å². The minimum absolute atomic E-state index is 0. The number of fused-ring (bicyclic) bond motifs is 2. The van der Waals surface area contributed by atoms with Gasteiger partial charge in [0.25, 0.3) is 0 Å². The lowest BCUT2D eigenvalue weighted by Crippen LogP contribution is -2.54. The van der Waals surface area contributed by atoms with Gasteiger partial charge in [0, 0.05) is 67.9 Å². The summed E-state index contributed by atoms with van der Waals surface area (Å²) < 4.78 is 35.9. The molecule has 15 heteroatoms. The second kappa shape index (κ2) is 15.3. The van der Waals surface area contributed by atoms with Crippen LogP contribution >= 0.6 is 23.7 Å². The molecule has 1 aliphatic rings. The summed E-state index contributed by atoms with van der Waals surface area (Å²) in [4.78, 5) is 29.7. The van der Waals surface area contributed by atoms with E-state index in [4.69, 9.17) is 10.5 Å². The lowest BCUT2D eigenvalue weighted by Gasteiger charge is -2.31. The minimum Gasteiger partial charge on any atom is -0.497 e.